The lowest BCUT2D eigenvalue weighted by molar-refractivity contribution is 0.169. The van der Waals surface area contributed by atoms with Gasteiger partial charge >= 0.3 is 0 Å². The minimum Gasteiger partial charge on any atom is -0.316 e. The lowest BCUT2D eigenvalue weighted by Crippen LogP contribution is -2.35. The van der Waals surface area contributed by atoms with Crippen LogP contribution >= 0.6 is 0 Å². The van der Waals surface area contributed by atoms with E-state index in [1.54, 1.807) is 0 Å². The third-order valence-corrected chi connectivity index (χ3v) is 3.85. The van der Waals surface area contributed by atoms with Gasteiger partial charge in [0.1, 0.15) is 0 Å². The summed E-state index contributed by atoms with van der Waals surface area (Å²) in [5.74, 6) is 3.86. The normalized spacial score (nSPS) is 53.1. The summed E-state index contributed by atoms with van der Waals surface area (Å²) in [6.07, 6.45) is 7.87. The minimum absolute atomic E-state index is 0.931. The summed E-state index contributed by atoms with van der Waals surface area (Å²) in [5.41, 5.74) is 0. The maximum absolute atomic E-state index is 3.53. The summed E-state index contributed by atoms with van der Waals surface area (Å²) in [4.78, 5) is 0. The molecule has 1 saturated heterocycles. The van der Waals surface area contributed by atoms with E-state index in [4.69, 9.17) is 0 Å². The van der Waals surface area contributed by atoms with Crippen molar-refractivity contribution in [1.82, 2.24) is 5.32 Å². The van der Waals surface area contributed by atoms with Crippen LogP contribution in [0.4, 0.5) is 0 Å². The highest BCUT2D eigenvalue weighted by Gasteiger charge is 2.42. The van der Waals surface area contributed by atoms with E-state index in [0.717, 1.165) is 23.7 Å². The van der Waals surface area contributed by atoms with Crippen molar-refractivity contribution in [3.8, 4) is 0 Å². The molecule has 2 fully saturated rings. The van der Waals surface area contributed by atoms with Gasteiger partial charge in [0.05, 0.1) is 0 Å². The van der Waals surface area contributed by atoms with Crippen LogP contribution in [-0.2, 0) is 0 Å². The molecule has 0 amide bonds. The van der Waals surface area contributed by atoms with E-state index < -0.39 is 0 Å². The third-order valence-electron chi connectivity index (χ3n) is 3.85. The second kappa shape index (κ2) is 2.10. The number of allylic oxidation sites excluding steroid dienone is 2. The Hall–Kier alpha value is -0.300. The van der Waals surface area contributed by atoms with Gasteiger partial charge in [-0.25, -0.2) is 0 Å². The molecule has 0 aromatic rings. The first-order valence-corrected chi connectivity index (χ1v) is 4.84. The van der Waals surface area contributed by atoms with Crippen molar-refractivity contribution in [2.75, 3.05) is 13.1 Å². The Morgan fingerprint density at radius 1 is 0.909 bits per heavy atom. The molecule has 3 aliphatic carbocycles. The van der Waals surface area contributed by atoms with Gasteiger partial charge in [-0.05, 0) is 49.6 Å². The summed E-state index contributed by atoms with van der Waals surface area (Å²) in [7, 11) is 0. The van der Waals surface area contributed by atoms with E-state index in [9.17, 15) is 0 Å². The van der Waals surface area contributed by atoms with Crippen LogP contribution in [0.5, 0.6) is 0 Å². The zero-order valence-electron chi connectivity index (χ0n) is 6.79. The minimum atomic E-state index is 0.931. The number of fused-ring (bicyclic) bond motifs is 1. The van der Waals surface area contributed by atoms with Gasteiger partial charge in [0.2, 0.25) is 0 Å². The Morgan fingerprint density at radius 3 is 1.91 bits per heavy atom. The average Bonchev–Trinajstić information content (AvgIpc) is 2.55. The molecule has 4 rings (SSSR count). The molecule has 4 atom stereocenters. The zero-order chi connectivity index (χ0) is 7.26. The quantitative estimate of drug-likeness (QED) is 0.514. The van der Waals surface area contributed by atoms with Gasteiger partial charge in [-0.3, -0.25) is 0 Å². The van der Waals surface area contributed by atoms with E-state index in [1.807, 2.05) is 0 Å². The summed E-state index contributed by atoms with van der Waals surface area (Å²) in [6.45, 7) is 2.58. The molecule has 0 radical (unpaired) electrons. The molecule has 0 spiro atoms. The molecule has 11 heavy (non-hydrogen) atoms. The number of hydrogen-bond donors (Lipinski definition) is 1. The molecule has 1 nitrogen and oxygen atoms in total. The van der Waals surface area contributed by atoms with Crippen molar-refractivity contribution in [1.29, 1.82) is 0 Å². The van der Waals surface area contributed by atoms with Gasteiger partial charge in [0, 0.05) is 0 Å². The Morgan fingerprint density at radius 2 is 1.45 bits per heavy atom. The van der Waals surface area contributed by atoms with Crippen molar-refractivity contribution in [3.63, 3.8) is 0 Å². The zero-order valence-corrected chi connectivity index (χ0v) is 6.79. The predicted octanol–water partition coefficient (Wildman–Crippen LogP) is 1.42. The number of rotatable bonds is 0. The maximum Gasteiger partial charge on any atom is -0.00114 e. The van der Waals surface area contributed by atoms with E-state index in [0.29, 0.717) is 0 Å². The van der Waals surface area contributed by atoms with Gasteiger partial charge in [-0.15, -0.1) is 0 Å². The van der Waals surface area contributed by atoms with E-state index in [1.165, 1.54) is 25.9 Å². The number of hydrogen-bond acceptors (Lipinski definition) is 1. The first kappa shape index (κ1) is 6.24. The smallest absolute Gasteiger partial charge is 0.00114 e. The molecule has 1 heteroatoms. The summed E-state index contributed by atoms with van der Waals surface area (Å²) < 4.78 is 0. The molecule has 2 bridgehead atoms. The van der Waals surface area contributed by atoms with Crippen LogP contribution in [0.25, 0.3) is 0 Å². The summed E-state index contributed by atoms with van der Waals surface area (Å²) in [5, 5.41) is 3.53. The lowest BCUT2D eigenvalue weighted by atomic mass is 9.64. The van der Waals surface area contributed by atoms with Crippen molar-refractivity contribution in [3.05, 3.63) is 12.2 Å². The van der Waals surface area contributed by atoms with Crippen LogP contribution in [0.2, 0.25) is 0 Å². The molecule has 4 aliphatic rings. The molecule has 1 N–H and O–H groups in total. The van der Waals surface area contributed by atoms with Gasteiger partial charge in [0.15, 0.2) is 0 Å². The fourth-order valence-corrected chi connectivity index (χ4v) is 3.23. The highest BCUT2D eigenvalue weighted by atomic mass is 14.9. The topological polar surface area (TPSA) is 12.0 Å². The Bertz CT molecular complexity index is 177. The van der Waals surface area contributed by atoms with Crippen LogP contribution in [-0.4, -0.2) is 13.1 Å². The molecule has 0 aromatic carbocycles. The second-order valence-corrected chi connectivity index (χ2v) is 4.28. The van der Waals surface area contributed by atoms with Gasteiger partial charge in [-0.1, -0.05) is 12.2 Å². The molecule has 4 unspecified atom stereocenters. The fourth-order valence-electron chi connectivity index (χ4n) is 3.23. The van der Waals surface area contributed by atoms with Crippen molar-refractivity contribution < 1.29 is 0 Å². The first-order valence-electron chi connectivity index (χ1n) is 4.84. The second-order valence-electron chi connectivity index (χ2n) is 4.28. The van der Waals surface area contributed by atoms with Crippen LogP contribution in [0.15, 0.2) is 12.2 Å². The highest BCUT2D eigenvalue weighted by molar-refractivity contribution is 5.12. The molecule has 1 saturated carbocycles. The SMILES string of the molecule is C1=CC2CCC1C1CNCC21. The van der Waals surface area contributed by atoms with E-state index in [-0.39, 0.29) is 0 Å². The lowest BCUT2D eigenvalue weighted by Gasteiger charge is -2.40. The Balaban J connectivity index is 1.97. The van der Waals surface area contributed by atoms with E-state index >= 15 is 0 Å². The van der Waals surface area contributed by atoms with Crippen LogP contribution < -0.4 is 5.32 Å². The van der Waals surface area contributed by atoms with Crippen LogP contribution in [0, 0.1) is 23.7 Å². The first-order chi connectivity index (χ1) is 5.45. The van der Waals surface area contributed by atoms with Crippen molar-refractivity contribution in [2.24, 2.45) is 23.7 Å². The Labute approximate surface area is 67.9 Å². The highest BCUT2D eigenvalue weighted by Crippen LogP contribution is 2.45. The third kappa shape index (κ3) is 0.750. The van der Waals surface area contributed by atoms with Crippen LogP contribution in [0.3, 0.4) is 0 Å². The van der Waals surface area contributed by atoms with Crippen molar-refractivity contribution >= 4 is 0 Å². The standard InChI is InChI=1S/C10H15N/c1-2-8-4-3-7(1)9-5-11-6-10(8)9/h1-2,7-11H,3-6H2. The molecule has 0 aromatic heterocycles. The van der Waals surface area contributed by atoms with E-state index in [2.05, 4.69) is 17.5 Å². The molecular weight excluding hydrogens is 134 g/mol. The van der Waals surface area contributed by atoms with Crippen LogP contribution in [0.1, 0.15) is 12.8 Å². The summed E-state index contributed by atoms with van der Waals surface area (Å²) in [6, 6.07) is 0. The maximum atomic E-state index is 3.53. The number of nitrogens with one attached hydrogen (secondary N) is 1. The Kier molecular flexibility index (Phi) is 1.19. The monoisotopic (exact) mass is 149 g/mol. The average molecular weight is 149 g/mol. The predicted molar refractivity (Wildman–Crippen MR) is 45.2 cm³/mol. The molecule has 60 valence electrons. The molecular formula is C10H15N. The fraction of sp³-hybridized carbons (Fsp3) is 0.800. The molecule has 1 heterocycles. The van der Waals surface area contributed by atoms with Gasteiger partial charge in [0.25, 0.3) is 0 Å². The van der Waals surface area contributed by atoms with Crippen molar-refractivity contribution in [2.45, 2.75) is 12.8 Å². The largest absolute Gasteiger partial charge is 0.316 e. The van der Waals surface area contributed by atoms with Gasteiger partial charge < -0.3 is 5.32 Å². The molecule has 1 aliphatic heterocycles. The van der Waals surface area contributed by atoms with Gasteiger partial charge in [-0.2, -0.15) is 0 Å². The summed E-state index contributed by atoms with van der Waals surface area (Å²) >= 11 is 0.